The fourth-order valence-electron chi connectivity index (χ4n) is 4.85. The molecular weight excluding hydrogens is 438 g/mol. The van der Waals surface area contributed by atoms with Gasteiger partial charge in [0.25, 0.3) is 5.91 Å². The van der Waals surface area contributed by atoms with Crippen molar-refractivity contribution in [3.63, 3.8) is 0 Å². The quantitative estimate of drug-likeness (QED) is 0.570. The summed E-state index contributed by atoms with van der Waals surface area (Å²) in [5.41, 5.74) is 6.48. The summed E-state index contributed by atoms with van der Waals surface area (Å²) in [6.07, 6.45) is 4.85. The molecule has 1 fully saturated rings. The van der Waals surface area contributed by atoms with Gasteiger partial charge in [0, 0.05) is 74.2 Å². The molecule has 0 aliphatic carbocycles. The van der Waals surface area contributed by atoms with Crippen molar-refractivity contribution in [3.8, 4) is 11.1 Å². The summed E-state index contributed by atoms with van der Waals surface area (Å²) in [5.74, 6) is -0.0684. The first kappa shape index (κ1) is 21.9. The monoisotopic (exact) mass is 465 g/mol. The Bertz CT molecular complexity index is 1180. The molecule has 3 aromatic rings. The zero-order valence-corrected chi connectivity index (χ0v) is 19.7. The standard InChI is InChI=1S/C25H28ClN5O2/c1-16-19(26)4-3-5-20(16)29-23-22(17-6-9-27-10-7-17)21(15-30-12-8-18(14-30)33-2)31-13-11-28-25(32)24(23)31/h3-7,9-10,18,29H,8,11-15H2,1-2H3,(H,28,32)/t18-/m0/s1. The largest absolute Gasteiger partial charge is 0.380 e. The van der Waals surface area contributed by atoms with Crippen molar-refractivity contribution in [1.82, 2.24) is 19.8 Å². The number of fused-ring (bicyclic) bond motifs is 1. The minimum absolute atomic E-state index is 0.0684. The third kappa shape index (κ3) is 4.12. The Morgan fingerprint density at radius 1 is 1.24 bits per heavy atom. The van der Waals surface area contributed by atoms with Crippen LogP contribution in [0.5, 0.6) is 0 Å². The number of carbonyl (C=O) groups excluding carboxylic acids is 1. The number of ether oxygens (including phenoxy) is 1. The molecule has 2 aliphatic heterocycles. The van der Waals surface area contributed by atoms with E-state index in [4.69, 9.17) is 16.3 Å². The normalized spacial score (nSPS) is 18.3. The van der Waals surface area contributed by atoms with Crippen molar-refractivity contribution in [3.05, 3.63) is 64.7 Å². The van der Waals surface area contributed by atoms with Gasteiger partial charge < -0.3 is 19.9 Å². The highest BCUT2D eigenvalue weighted by molar-refractivity contribution is 6.31. The summed E-state index contributed by atoms with van der Waals surface area (Å²) < 4.78 is 7.76. The molecule has 33 heavy (non-hydrogen) atoms. The zero-order chi connectivity index (χ0) is 22.9. The minimum atomic E-state index is -0.0684. The van der Waals surface area contributed by atoms with E-state index >= 15 is 0 Å². The van der Waals surface area contributed by atoms with Crippen molar-refractivity contribution >= 4 is 28.9 Å². The SMILES string of the molecule is CO[C@H]1CCN(Cc2c(-c3ccncc3)c(Nc3cccc(Cl)c3C)c3n2CCNC3=O)C1. The van der Waals surface area contributed by atoms with Gasteiger partial charge in [0.05, 0.1) is 11.8 Å². The third-order valence-corrected chi connectivity index (χ3v) is 7.05. The van der Waals surface area contributed by atoms with E-state index in [1.54, 1.807) is 19.5 Å². The molecule has 7 nitrogen and oxygen atoms in total. The minimum Gasteiger partial charge on any atom is -0.380 e. The van der Waals surface area contributed by atoms with Crippen LogP contribution < -0.4 is 10.6 Å². The van der Waals surface area contributed by atoms with Crippen LogP contribution in [-0.4, -0.2) is 53.2 Å². The van der Waals surface area contributed by atoms with Crippen LogP contribution >= 0.6 is 11.6 Å². The molecule has 2 N–H and O–H groups in total. The van der Waals surface area contributed by atoms with Gasteiger partial charge >= 0.3 is 0 Å². The van der Waals surface area contributed by atoms with E-state index in [0.717, 1.165) is 66.4 Å². The van der Waals surface area contributed by atoms with Crippen LogP contribution in [0.1, 0.15) is 28.2 Å². The van der Waals surface area contributed by atoms with Crippen molar-refractivity contribution in [1.29, 1.82) is 0 Å². The van der Waals surface area contributed by atoms with E-state index < -0.39 is 0 Å². The molecule has 5 rings (SSSR count). The highest BCUT2D eigenvalue weighted by atomic mass is 35.5. The second-order valence-electron chi connectivity index (χ2n) is 8.61. The van der Waals surface area contributed by atoms with Crippen molar-refractivity contribution in [2.45, 2.75) is 32.5 Å². The van der Waals surface area contributed by atoms with Crippen LogP contribution in [0.4, 0.5) is 11.4 Å². The van der Waals surface area contributed by atoms with Gasteiger partial charge in [0.2, 0.25) is 0 Å². The number of halogens is 1. The Morgan fingerprint density at radius 3 is 2.82 bits per heavy atom. The Morgan fingerprint density at radius 2 is 2.06 bits per heavy atom. The summed E-state index contributed by atoms with van der Waals surface area (Å²) in [6.45, 7) is 5.92. The van der Waals surface area contributed by atoms with Crippen LogP contribution in [0.2, 0.25) is 5.02 Å². The average molecular weight is 466 g/mol. The van der Waals surface area contributed by atoms with Gasteiger partial charge in [0.15, 0.2) is 0 Å². The van der Waals surface area contributed by atoms with Gasteiger partial charge in [-0.1, -0.05) is 17.7 Å². The summed E-state index contributed by atoms with van der Waals surface area (Å²) in [4.78, 5) is 19.8. The molecule has 0 bridgehead atoms. The van der Waals surface area contributed by atoms with E-state index in [-0.39, 0.29) is 12.0 Å². The molecule has 0 saturated carbocycles. The first-order valence-electron chi connectivity index (χ1n) is 11.3. The lowest BCUT2D eigenvalue weighted by Crippen LogP contribution is -2.36. The molecule has 1 saturated heterocycles. The number of rotatable bonds is 6. The molecule has 4 heterocycles. The molecule has 0 radical (unpaired) electrons. The average Bonchev–Trinajstić information content (AvgIpc) is 3.41. The molecule has 2 aromatic heterocycles. The second-order valence-corrected chi connectivity index (χ2v) is 9.01. The number of nitrogens with one attached hydrogen (secondary N) is 2. The molecule has 2 aliphatic rings. The number of likely N-dealkylation sites (tertiary alicyclic amines) is 1. The maximum Gasteiger partial charge on any atom is 0.270 e. The fourth-order valence-corrected chi connectivity index (χ4v) is 5.03. The molecular formula is C25H28ClN5O2. The van der Waals surface area contributed by atoms with Crippen LogP contribution in [0.25, 0.3) is 11.1 Å². The third-order valence-electron chi connectivity index (χ3n) is 6.64. The lowest BCUT2D eigenvalue weighted by atomic mass is 10.0. The van der Waals surface area contributed by atoms with Crippen molar-refractivity contribution in [2.75, 3.05) is 32.1 Å². The number of carbonyl (C=O) groups is 1. The van der Waals surface area contributed by atoms with E-state index in [1.807, 2.05) is 37.3 Å². The summed E-state index contributed by atoms with van der Waals surface area (Å²) in [5, 5.41) is 7.28. The number of nitrogens with zero attached hydrogens (tertiary/aromatic N) is 3. The predicted octanol–water partition coefficient (Wildman–Crippen LogP) is 4.22. The molecule has 1 atom stereocenters. The van der Waals surface area contributed by atoms with E-state index in [1.165, 1.54) is 0 Å². The zero-order valence-electron chi connectivity index (χ0n) is 18.9. The lowest BCUT2D eigenvalue weighted by molar-refractivity contribution is 0.0926. The van der Waals surface area contributed by atoms with Gasteiger partial charge in [0.1, 0.15) is 5.69 Å². The Labute approximate surface area is 198 Å². The Balaban J connectivity index is 1.67. The maximum atomic E-state index is 13.1. The summed E-state index contributed by atoms with van der Waals surface area (Å²) >= 11 is 6.40. The van der Waals surface area contributed by atoms with Gasteiger partial charge in [-0.15, -0.1) is 0 Å². The number of hydrogen-bond acceptors (Lipinski definition) is 5. The first-order valence-corrected chi connectivity index (χ1v) is 11.7. The molecule has 1 aromatic carbocycles. The molecule has 8 heteroatoms. The van der Waals surface area contributed by atoms with Crippen LogP contribution in [-0.2, 0) is 17.8 Å². The van der Waals surface area contributed by atoms with Gasteiger partial charge in [-0.3, -0.25) is 14.7 Å². The number of hydrogen-bond donors (Lipinski definition) is 2. The number of amides is 1. The van der Waals surface area contributed by atoms with E-state index in [0.29, 0.717) is 17.3 Å². The molecule has 1 amide bonds. The lowest BCUT2D eigenvalue weighted by Gasteiger charge is -2.22. The number of pyridine rings is 1. The molecule has 172 valence electrons. The topological polar surface area (TPSA) is 71.4 Å². The summed E-state index contributed by atoms with van der Waals surface area (Å²) in [7, 11) is 1.77. The van der Waals surface area contributed by atoms with Crippen LogP contribution in [0, 0.1) is 6.92 Å². The van der Waals surface area contributed by atoms with E-state index in [2.05, 4.69) is 25.1 Å². The molecule has 0 spiro atoms. The molecule has 0 unspecified atom stereocenters. The Hall–Kier alpha value is -2.87. The van der Waals surface area contributed by atoms with Crippen molar-refractivity contribution < 1.29 is 9.53 Å². The second kappa shape index (κ2) is 9.17. The van der Waals surface area contributed by atoms with Crippen LogP contribution in [0.3, 0.4) is 0 Å². The van der Waals surface area contributed by atoms with Crippen molar-refractivity contribution in [2.24, 2.45) is 0 Å². The summed E-state index contributed by atoms with van der Waals surface area (Å²) in [6, 6.07) is 9.79. The number of methoxy groups -OCH3 is 1. The van der Waals surface area contributed by atoms with E-state index in [9.17, 15) is 4.79 Å². The first-order chi connectivity index (χ1) is 16.1. The van der Waals surface area contributed by atoms with Gasteiger partial charge in [-0.2, -0.15) is 0 Å². The van der Waals surface area contributed by atoms with Crippen LogP contribution in [0.15, 0.2) is 42.7 Å². The smallest absolute Gasteiger partial charge is 0.270 e. The number of anilines is 2. The van der Waals surface area contributed by atoms with Gasteiger partial charge in [-0.25, -0.2) is 0 Å². The predicted molar refractivity (Wildman–Crippen MR) is 130 cm³/mol. The number of aromatic nitrogens is 2. The highest BCUT2D eigenvalue weighted by Gasteiger charge is 2.32. The fraction of sp³-hybridized carbons (Fsp3) is 0.360. The maximum absolute atomic E-state index is 13.1. The Kier molecular flexibility index (Phi) is 6.10. The highest BCUT2D eigenvalue weighted by Crippen LogP contribution is 2.41. The number of benzene rings is 1. The van der Waals surface area contributed by atoms with Gasteiger partial charge in [-0.05, 0) is 48.7 Å².